The molecule has 0 spiro atoms. The third kappa shape index (κ3) is 3.95. The second-order valence-corrected chi connectivity index (χ2v) is 14.0. The molecule has 1 atom stereocenters. The highest BCUT2D eigenvalue weighted by Gasteiger charge is 2.40. The summed E-state index contributed by atoms with van der Waals surface area (Å²) in [6.45, 7) is 0. The number of nitrogens with zero attached hydrogens (tertiary/aromatic N) is 3. The van der Waals surface area contributed by atoms with Crippen LogP contribution in [0.2, 0.25) is 0 Å². The van der Waals surface area contributed by atoms with Gasteiger partial charge in [0.2, 0.25) is 0 Å². The third-order valence-corrected chi connectivity index (χ3v) is 11.8. The maximum atomic E-state index is 15.4. The molecule has 45 heavy (non-hydrogen) atoms. The monoisotopic (exact) mass is 599 g/mol. The summed E-state index contributed by atoms with van der Waals surface area (Å²) in [5.74, 6) is 1.39. The van der Waals surface area contributed by atoms with Crippen molar-refractivity contribution in [1.82, 2.24) is 14.3 Å². The minimum Gasteiger partial charge on any atom is -0.457 e. The Balaban J connectivity index is 1.17. The lowest BCUT2D eigenvalue weighted by Gasteiger charge is -2.17. The maximum Gasteiger partial charge on any atom is 0.172 e. The van der Waals surface area contributed by atoms with Gasteiger partial charge in [0.15, 0.2) is 7.14 Å². The van der Waals surface area contributed by atoms with E-state index in [1.807, 2.05) is 95.9 Å². The summed E-state index contributed by atoms with van der Waals surface area (Å²) in [5.41, 5.74) is 6.06. The molecule has 1 aliphatic heterocycles. The Morgan fingerprint density at radius 3 is 2.02 bits per heavy atom. The fourth-order valence-electron chi connectivity index (χ4n) is 6.67. The Kier molecular flexibility index (Phi) is 5.71. The van der Waals surface area contributed by atoms with E-state index >= 15 is 4.57 Å². The molecule has 5 nitrogen and oxygen atoms in total. The maximum absolute atomic E-state index is 15.4. The zero-order valence-electron chi connectivity index (χ0n) is 24.1. The number of benzene rings is 6. The number of para-hydroxylation sites is 3. The van der Waals surface area contributed by atoms with Crippen LogP contribution in [0.4, 0.5) is 0 Å². The van der Waals surface area contributed by atoms with Crippen LogP contribution in [0.15, 0.2) is 158 Å². The first kappa shape index (κ1) is 25.8. The molecule has 1 aliphatic rings. The SMILES string of the molecule is O=P1(c2cccc(Oc3ccccc3)c2)c2ccccc2-c2ccc(-n3cc(-n4c5ccccc5c5ccccc54)cn3)cc21. The molecule has 3 heterocycles. The van der Waals surface area contributed by atoms with Gasteiger partial charge in [0.1, 0.15) is 11.5 Å². The molecule has 6 heteroatoms. The van der Waals surface area contributed by atoms with E-state index in [2.05, 4.69) is 71.3 Å². The average molecular weight is 600 g/mol. The van der Waals surface area contributed by atoms with E-state index in [0.29, 0.717) is 5.75 Å². The zero-order valence-corrected chi connectivity index (χ0v) is 25.0. The predicted molar refractivity (Wildman–Crippen MR) is 183 cm³/mol. The lowest BCUT2D eigenvalue weighted by molar-refractivity contribution is 0.483. The van der Waals surface area contributed by atoms with E-state index < -0.39 is 7.14 Å². The second kappa shape index (κ2) is 9.95. The van der Waals surface area contributed by atoms with Gasteiger partial charge in [0, 0.05) is 26.7 Å². The van der Waals surface area contributed by atoms with Crippen LogP contribution in [0.5, 0.6) is 11.5 Å². The number of fused-ring (bicyclic) bond motifs is 6. The van der Waals surface area contributed by atoms with E-state index in [9.17, 15) is 0 Å². The Labute approximate surface area is 260 Å². The van der Waals surface area contributed by atoms with Crippen molar-refractivity contribution in [1.29, 1.82) is 0 Å². The van der Waals surface area contributed by atoms with Crippen LogP contribution < -0.4 is 20.7 Å². The molecular weight excluding hydrogens is 573 g/mol. The average Bonchev–Trinajstić information content (AvgIpc) is 3.78. The highest BCUT2D eigenvalue weighted by Crippen LogP contribution is 2.52. The van der Waals surface area contributed by atoms with E-state index in [1.54, 1.807) is 0 Å². The summed E-state index contributed by atoms with van der Waals surface area (Å²) in [7, 11) is -3.21. The molecular formula is C39H26N3O2P. The number of rotatable bonds is 5. The van der Waals surface area contributed by atoms with Crippen molar-refractivity contribution in [2.75, 3.05) is 0 Å². The van der Waals surface area contributed by atoms with Gasteiger partial charge in [-0.05, 0) is 59.7 Å². The quantitative estimate of drug-likeness (QED) is 0.187. The molecule has 0 saturated heterocycles. The summed E-state index contributed by atoms with van der Waals surface area (Å²) >= 11 is 0. The molecule has 214 valence electrons. The summed E-state index contributed by atoms with van der Waals surface area (Å²) < 4.78 is 25.7. The normalized spacial score (nSPS) is 15.3. The fourth-order valence-corrected chi connectivity index (χ4v) is 9.77. The molecule has 0 bridgehead atoms. The Hall–Kier alpha value is -5.64. The highest BCUT2D eigenvalue weighted by atomic mass is 31.2. The van der Waals surface area contributed by atoms with Crippen molar-refractivity contribution in [3.63, 3.8) is 0 Å². The topological polar surface area (TPSA) is 49.0 Å². The van der Waals surface area contributed by atoms with Gasteiger partial charge >= 0.3 is 0 Å². The molecule has 0 aliphatic carbocycles. The minimum atomic E-state index is -3.21. The summed E-state index contributed by atoms with van der Waals surface area (Å²) in [6.07, 6.45) is 3.94. The summed E-state index contributed by atoms with van der Waals surface area (Å²) in [5, 5.41) is 9.61. The predicted octanol–water partition coefficient (Wildman–Crippen LogP) is 8.38. The minimum absolute atomic E-state index is 0.652. The molecule has 0 saturated carbocycles. The smallest absolute Gasteiger partial charge is 0.172 e. The van der Waals surface area contributed by atoms with E-state index in [0.717, 1.165) is 55.2 Å². The highest BCUT2D eigenvalue weighted by molar-refractivity contribution is 7.86. The van der Waals surface area contributed by atoms with Crippen LogP contribution in [0.3, 0.4) is 0 Å². The molecule has 1 unspecified atom stereocenters. The number of hydrogen-bond donors (Lipinski definition) is 0. The molecule has 0 fully saturated rings. The van der Waals surface area contributed by atoms with Crippen LogP contribution in [0.1, 0.15) is 0 Å². The van der Waals surface area contributed by atoms with E-state index in [-0.39, 0.29) is 0 Å². The molecule has 0 amide bonds. The summed E-state index contributed by atoms with van der Waals surface area (Å²) in [4.78, 5) is 0. The van der Waals surface area contributed by atoms with Crippen molar-refractivity contribution in [3.05, 3.63) is 158 Å². The van der Waals surface area contributed by atoms with E-state index in [4.69, 9.17) is 9.84 Å². The molecule has 2 aromatic heterocycles. The lowest BCUT2D eigenvalue weighted by Crippen LogP contribution is -2.21. The second-order valence-electron chi connectivity index (χ2n) is 11.3. The Bertz CT molecular complexity index is 2410. The van der Waals surface area contributed by atoms with Crippen molar-refractivity contribution in [2.24, 2.45) is 0 Å². The molecule has 0 radical (unpaired) electrons. The van der Waals surface area contributed by atoms with Crippen molar-refractivity contribution in [3.8, 4) is 34.0 Å². The van der Waals surface area contributed by atoms with Gasteiger partial charge in [-0.2, -0.15) is 5.10 Å². The molecule has 9 rings (SSSR count). The van der Waals surface area contributed by atoms with Gasteiger partial charge in [-0.1, -0.05) is 97.1 Å². The van der Waals surface area contributed by atoms with Gasteiger partial charge in [0.25, 0.3) is 0 Å². The lowest BCUT2D eigenvalue weighted by atomic mass is 10.1. The Morgan fingerprint density at radius 2 is 1.22 bits per heavy atom. The van der Waals surface area contributed by atoms with Crippen LogP contribution in [0, 0.1) is 0 Å². The first-order valence-electron chi connectivity index (χ1n) is 14.9. The van der Waals surface area contributed by atoms with E-state index in [1.165, 1.54) is 10.8 Å². The van der Waals surface area contributed by atoms with Gasteiger partial charge < -0.3 is 13.9 Å². The number of ether oxygens (including phenoxy) is 1. The Morgan fingerprint density at radius 1 is 0.556 bits per heavy atom. The number of hydrogen-bond acceptors (Lipinski definition) is 3. The fraction of sp³-hybridized carbons (Fsp3) is 0. The van der Waals surface area contributed by atoms with Crippen LogP contribution in [0.25, 0.3) is 44.3 Å². The van der Waals surface area contributed by atoms with Crippen molar-refractivity contribution < 1.29 is 9.30 Å². The van der Waals surface area contributed by atoms with Crippen molar-refractivity contribution >= 4 is 44.9 Å². The third-order valence-electron chi connectivity index (χ3n) is 8.69. The molecule has 6 aromatic carbocycles. The number of aromatic nitrogens is 3. The van der Waals surface area contributed by atoms with Gasteiger partial charge in [-0.3, -0.25) is 0 Å². The first-order valence-corrected chi connectivity index (χ1v) is 16.6. The van der Waals surface area contributed by atoms with Gasteiger partial charge in [0.05, 0.1) is 34.8 Å². The molecule has 8 aromatic rings. The first-order chi connectivity index (χ1) is 22.2. The van der Waals surface area contributed by atoms with Gasteiger partial charge in [-0.25, -0.2) is 4.68 Å². The van der Waals surface area contributed by atoms with Crippen molar-refractivity contribution in [2.45, 2.75) is 0 Å². The largest absolute Gasteiger partial charge is 0.457 e. The molecule has 0 N–H and O–H groups in total. The zero-order chi connectivity index (χ0) is 30.0. The summed E-state index contributed by atoms with van der Waals surface area (Å²) in [6, 6.07) is 48.5. The van der Waals surface area contributed by atoms with Crippen LogP contribution in [-0.4, -0.2) is 14.3 Å². The van der Waals surface area contributed by atoms with Crippen LogP contribution in [-0.2, 0) is 4.57 Å². The van der Waals surface area contributed by atoms with Crippen LogP contribution >= 0.6 is 7.14 Å². The standard InChI is InChI=1S/C39H26N3O2P/c43-45(31-14-10-13-30(24-31)44-29-11-2-1-3-12-29)38-20-9-6-17-34(38)35-22-21-27(23-39(35)45)41-26-28(25-40-41)42-36-18-7-4-15-32(36)33-16-5-8-19-37(33)42/h1-26H. The van der Waals surface area contributed by atoms with Gasteiger partial charge in [-0.15, -0.1) is 0 Å².